The first kappa shape index (κ1) is 22.1. The molecule has 0 spiro atoms. The standard InChI is InChI=1S/C25H29N7O2/c1-4-21(33)31-13-12-30(19-7-5-6-16(2)22(19)31)20-14-17-15-27-25(26)28-23(17)32(24(20)34)18-8-10-29(3)11-9-18/h4-7,14-15,18H,1,8-13H2,2-3H3,(H2,26,27,28). The lowest BCUT2D eigenvalue weighted by molar-refractivity contribution is -0.114. The number of piperidine rings is 1. The van der Waals surface area contributed by atoms with E-state index in [9.17, 15) is 9.59 Å². The Morgan fingerprint density at radius 2 is 1.94 bits per heavy atom. The number of anilines is 4. The number of rotatable bonds is 3. The fraction of sp³-hybridized carbons (Fsp3) is 0.360. The van der Waals surface area contributed by atoms with Crippen LogP contribution in [0, 0.1) is 6.92 Å². The van der Waals surface area contributed by atoms with Gasteiger partial charge in [-0.3, -0.25) is 14.2 Å². The van der Waals surface area contributed by atoms with Crippen molar-refractivity contribution >= 4 is 40.0 Å². The van der Waals surface area contributed by atoms with Crippen molar-refractivity contribution in [1.29, 1.82) is 0 Å². The van der Waals surface area contributed by atoms with Gasteiger partial charge in [0, 0.05) is 30.7 Å². The third-order valence-electron chi connectivity index (χ3n) is 6.88. The number of carbonyl (C=O) groups excluding carboxylic acids is 1. The molecule has 9 nitrogen and oxygen atoms in total. The number of benzene rings is 1. The van der Waals surface area contributed by atoms with Crippen molar-refractivity contribution in [2.75, 3.05) is 48.8 Å². The van der Waals surface area contributed by atoms with E-state index in [2.05, 4.69) is 28.5 Å². The Bertz CT molecular complexity index is 1340. The fourth-order valence-electron chi connectivity index (χ4n) is 5.13. The molecule has 0 aliphatic carbocycles. The molecule has 0 atom stereocenters. The largest absolute Gasteiger partial charge is 0.368 e. The summed E-state index contributed by atoms with van der Waals surface area (Å²) in [7, 11) is 2.09. The summed E-state index contributed by atoms with van der Waals surface area (Å²) in [5.41, 5.74) is 9.52. The van der Waals surface area contributed by atoms with Gasteiger partial charge in [-0.05, 0) is 63.7 Å². The Morgan fingerprint density at radius 1 is 1.18 bits per heavy atom. The second kappa shape index (κ2) is 8.57. The highest BCUT2D eigenvalue weighted by Crippen LogP contribution is 2.40. The molecule has 0 bridgehead atoms. The molecule has 1 saturated heterocycles. The number of para-hydroxylation sites is 1. The number of carbonyl (C=O) groups is 1. The van der Waals surface area contributed by atoms with Gasteiger partial charge >= 0.3 is 0 Å². The quantitative estimate of drug-likeness (QED) is 0.601. The van der Waals surface area contributed by atoms with Crippen molar-refractivity contribution in [3.05, 3.63) is 59.0 Å². The van der Waals surface area contributed by atoms with Crippen LogP contribution in [0.5, 0.6) is 0 Å². The summed E-state index contributed by atoms with van der Waals surface area (Å²) in [5, 5.41) is 0.765. The molecule has 2 N–H and O–H groups in total. The maximum atomic E-state index is 14.1. The van der Waals surface area contributed by atoms with Crippen LogP contribution in [0.4, 0.5) is 23.0 Å². The van der Waals surface area contributed by atoms with Crippen LogP contribution in [-0.2, 0) is 4.79 Å². The molecule has 176 valence electrons. The van der Waals surface area contributed by atoms with Crippen molar-refractivity contribution < 1.29 is 4.79 Å². The van der Waals surface area contributed by atoms with Gasteiger partial charge in [-0.15, -0.1) is 0 Å². The Hall–Kier alpha value is -3.72. The Kier molecular flexibility index (Phi) is 5.57. The number of hydrogen-bond donors (Lipinski definition) is 1. The Labute approximate surface area is 198 Å². The minimum absolute atomic E-state index is 0.0288. The lowest BCUT2D eigenvalue weighted by Crippen LogP contribution is -2.44. The van der Waals surface area contributed by atoms with E-state index in [-0.39, 0.29) is 23.5 Å². The van der Waals surface area contributed by atoms with E-state index in [1.165, 1.54) is 6.08 Å². The highest BCUT2D eigenvalue weighted by atomic mass is 16.2. The molecule has 2 aromatic heterocycles. The number of hydrogen-bond acceptors (Lipinski definition) is 7. The second-order valence-corrected chi connectivity index (χ2v) is 9.03. The van der Waals surface area contributed by atoms with Gasteiger partial charge in [0.15, 0.2) is 0 Å². The summed E-state index contributed by atoms with van der Waals surface area (Å²) >= 11 is 0. The van der Waals surface area contributed by atoms with E-state index < -0.39 is 0 Å². The smallest absolute Gasteiger partial charge is 0.276 e. The number of aromatic nitrogens is 3. The van der Waals surface area contributed by atoms with Crippen LogP contribution in [0.1, 0.15) is 24.4 Å². The Morgan fingerprint density at radius 3 is 2.68 bits per heavy atom. The predicted molar refractivity (Wildman–Crippen MR) is 135 cm³/mol. The van der Waals surface area contributed by atoms with Crippen LogP contribution < -0.4 is 21.1 Å². The molecule has 1 fully saturated rings. The Balaban J connectivity index is 1.70. The normalized spacial score (nSPS) is 17.1. The zero-order valence-electron chi connectivity index (χ0n) is 19.6. The molecule has 9 heteroatoms. The summed E-state index contributed by atoms with van der Waals surface area (Å²) in [6.45, 7) is 8.38. The summed E-state index contributed by atoms with van der Waals surface area (Å²) in [6, 6.07) is 7.75. The van der Waals surface area contributed by atoms with E-state index in [0.29, 0.717) is 24.4 Å². The third-order valence-corrected chi connectivity index (χ3v) is 6.88. The first-order valence-corrected chi connectivity index (χ1v) is 11.6. The number of nitrogen functional groups attached to an aromatic ring is 1. The monoisotopic (exact) mass is 459 g/mol. The minimum Gasteiger partial charge on any atom is -0.368 e. The van der Waals surface area contributed by atoms with Gasteiger partial charge in [-0.1, -0.05) is 18.7 Å². The molecule has 0 saturated carbocycles. The zero-order valence-corrected chi connectivity index (χ0v) is 19.6. The molecule has 2 aliphatic rings. The fourth-order valence-corrected chi connectivity index (χ4v) is 5.13. The molecule has 0 radical (unpaired) electrons. The van der Waals surface area contributed by atoms with Gasteiger partial charge in [0.25, 0.3) is 11.5 Å². The van der Waals surface area contributed by atoms with Crippen LogP contribution in [0.15, 0.2) is 47.9 Å². The van der Waals surface area contributed by atoms with Crippen molar-refractivity contribution in [1.82, 2.24) is 19.4 Å². The topological polar surface area (TPSA) is 101 Å². The molecular formula is C25H29N7O2. The first-order valence-electron chi connectivity index (χ1n) is 11.6. The number of nitrogens with two attached hydrogens (primary N) is 1. The SMILES string of the molecule is C=CC(=O)N1CCN(c2cc3cnc(N)nc3n(C3CCN(C)CC3)c2=O)c2cccc(C)c21. The summed E-state index contributed by atoms with van der Waals surface area (Å²) in [5.74, 6) is 0.000160. The van der Waals surface area contributed by atoms with Gasteiger partial charge < -0.3 is 20.4 Å². The molecule has 2 aliphatic heterocycles. The number of fused-ring (bicyclic) bond motifs is 2. The first-order chi connectivity index (χ1) is 16.4. The molecule has 34 heavy (non-hydrogen) atoms. The van der Waals surface area contributed by atoms with Gasteiger partial charge in [-0.25, -0.2) is 4.98 Å². The van der Waals surface area contributed by atoms with Crippen molar-refractivity contribution in [3.63, 3.8) is 0 Å². The van der Waals surface area contributed by atoms with E-state index in [1.54, 1.807) is 11.1 Å². The van der Waals surface area contributed by atoms with Gasteiger partial charge in [0.05, 0.1) is 11.4 Å². The molecule has 3 aromatic rings. The van der Waals surface area contributed by atoms with E-state index in [1.807, 2.05) is 40.7 Å². The predicted octanol–water partition coefficient (Wildman–Crippen LogP) is 2.62. The summed E-state index contributed by atoms with van der Waals surface area (Å²) in [6.07, 6.45) is 4.73. The molecule has 5 rings (SSSR count). The van der Waals surface area contributed by atoms with Crippen LogP contribution in [-0.4, -0.2) is 58.6 Å². The molecule has 0 unspecified atom stereocenters. The van der Waals surface area contributed by atoms with E-state index in [4.69, 9.17) is 5.73 Å². The lowest BCUT2D eigenvalue weighted by atomic mass is 10.0. The van der Waals surface area contributed by atoms with E-state index in [0.717, 1.165) is 48.3 Å². The number of likely N-dealkylation sites (tertiary alicyclic amines) is 1. The van der Waals surface area contributed by atoms with Crippen LogP contribution in [0.3, 0.4) is 0 Å². The maximum absolute atomic E-state index is 14.1. The average Bonchev–Trinajstić information content (AvgIpc) is 2.84. The number of pyridine rings is 1. The summed E-state index contributed by atoms with van der Waals surface area (Å²) < 4.78 is 1.81. The number of nitrogens with zero attached hydrogens (tertiary/aromatic N) is 6. The molecular weight excluding hydrogens is 430 g/mol. The highest BCUT2D eigenvalue weighted by Gasteiger charge is 2.31. The zero-order chi connectivity index (χ0) is 24.0. The highest BCUT2D eigenvalue weighted by molar-refractivity contribution is 6.05. The summed E-state index contributed by atoms with van der Waals surface area (Å²) in [4.78, 5) is 41.3. The minimum atomic E-state index is -0.152. The average molecular weight is 460 g/mol. The number of aryl methyl sites for hydroxylation is 1. The molecule has 1 amide bonds. The van der Waals surface area contributed by atoms with E-state index >= 15 is 0 Å². The van der Waals surface area contributed by atoms with Crippen molar-refractivity contribution in [2.24, 2.45) is 0 Å². The molecule has 1 aromatic carbocycles. The van der Waals surface area contributed by atoms with Gasteiger partial charge in [0.1, 0.15) is 11.3 Å². The van der Waals surface area contributed by atoms with Crippen LogP contribution in [0.25, 0.3) is 11.0 Å². The van der Waals surface area contributed by atoms with Gasteiger partial charge in [-0.2, -0.15) is 4.98 Å². The van der Waals surface area contributed by atoms with Gasteiger partial charge in [0.2, 0.25) is 5.95 Å². The number of amides is 1. The molecule has 4 heterocycles. The maximum Gasteiger partial charge on any atom is 0.276 e. The van der Waals surface area contributed by atoms with Crippen LogP contribution >= 0.6 is 0 Å². The third kappa shape index (κ3) is 3.62. The lowest BCUT2D eigenvalue weighted by Gasteiger charge is -2.38. The second-order valence-electron chi connectivity index (χ2n) is 9.03. The van der Waals surface area contributed by atoms with Crippen LogP contribution in [0.2, 0.25) is 0 Å². The van der Waals surface area contributed by atoms with Crippen molar-refractivity contribution in [3.8, 4) is 0 Å². The van der Waals surface area contributed by atoms with Crippen molar-refractivity contribution in [2.45, 2.75) is 25.8 Å².